The third-order valence-electron chi connectivity index (χ3n) is 4.85. The van der Waals surface area contributed by atoms with E-state index in [2.05, 4.69) is 30.7 Å². The lowest BCUT2D eigenvalue weighted by Crippen LogP contribution is -2.44. The van der Waals surface area contributed by atoms with E-state index in [-0.39, 0.29) is 6.04 Å². The molecule has 1 aliphatic heterocycles. The van der Waals surface area contributed by atoms with Crippen LogP contribution in [0.15, 0.2) is 64.2 Å². The molecule has 7 nitrogen and oxygen atoms in total. The Kier molecular flexibility index (Phi) is 5.95. The zero-order valence-corrected chi connectivity index (χ0v) is 16.9. The number of halogens is 1. The Labute approximate surface area is 174 Å². The van der Waals surface area contributed by atoms with E-state index in [4.69, 9.17) is 16.1 Å². The van der Waals surface area contributed by atoms with Crippen LogP contribution in [0.5, 0.6) is 0 Å². The van der Waals surface area contributed by atoms with Crippen LogP contribution in [0.3, 0.4) is 0 Å². The average Bonchev–Trinajstić information content (AvgIpc) is 3.42. The summed E-state index contributed by atoms with van der Waals surface area (Å²) in [6, 6.07) is 15.8. The van der Waals surface area contributed by atoms with Gasteiger partial charge in [0.15, 0.2) is 11.7 Å². The summed E-state index contributed by atoms with van der Waals surface area (Å²) < 4.78 is 5.45. The standard InChI is InChI=1S/C21H23ClN6O/c1-23-21(25-13-17-12-19(29-27-17)15-6-3-2-4-7-15)26-16-9-11-28(14-16)20-18(22)8-5-10-24-20/h2-8,10,12,16H,9,11,13-14H2,1H3,(H2,23,25,26). The molecule has 2 N–H and O–H groups in total. The molecule has 0 spiro atoms. The fraction of sp³-hybridized carbons (Fsp3) is 0.286. The topological polar surface area (TPSA) is 78.6 Å². The Morgan fingerprint density at radius 3 is 2.93 bits per heavy atom. The third kappa shape index (κ3) is 4.68. The lowest BCUT2D eigenvalue weighted by molar-refractivity contribution is 0.422. The normalized spacial score (nSPS) is 16.8. The summed E-state index contributed by atoms with van der Waals surface area (Å²) in [6.45, 7) is 2.24. The summed E-state index contributed by atoms with van der Waals surface area (Å²) in [5.74, 6) is 2.31. The molecule has 0 radical (unpaired) electrons. The quantitative estimate of drug-likeness (QED) is 0.496. The van der Waals surface area contributed by atoms with Gasteiger partial charge in [0.05, 0.1) is 11.6 Å². The molecule has 29 heavy (non-hydrogen) atoms. The largest absolute Gasteiger partial charge is 0.356 e. The number of nitrogens with zero attached hydrogens (tertiary/aromatic N) is 4. The highest BCUT2D eigenvalue weighted by Crippen LogP contribution is 2.25. The van der Waals surface area contributed by atoms with Crippen LogP contribution in [-0.4, -0.2) is 42.3 Å². The van der Waals surface area contributed by atoms with Gasteiger partial charge in [0.1, 0.15) is 11.5 Å². The highest BCUT2D eigenvalue weighted by molar-refractivity contribution is 6.32. The number of hydrogen-bond donors (Lipinski definition) is 2. The summed E-state index contributed by atoms with van der Waals surface area (Å²) in [4.78, 5) is 10.9. The van der Waals surface area contributed by atoms with Crippen molar-refractivity contribution >= 4 is 23.4 Å². The van der Waals surface area contributed by atoms with Gasteiger partial charge in [-0.15, -0.1) is 0 Å². The molecule has 0 saturated carbocycles. The zero-order valence-electron chi connectivity index (χ0n) is 16.2. The maximum Gasteiger partial charge on any atom is 0.191 e. The molecular weight excluding hydrogens is 388 g/mol. The summed E-state index contributed by atoms with van der Waals surface area (Å²) in [5, 5.41) is 11.6. The number of guanidine groups is 1. The van der Waals surface area contributed by atoms with E-state index in [0.717, 1.165) is 48.3 Å². The number of pyridine rings is 1. The second-order valence-electron chi connectivity index (χ2n) is 6.86. The van der Waals surface area contributed by atoms with Gasteiger partial charge in [-0.05, 0) is 18.6 Å². The first-order valence-electron chi connectivity index (χ1n) is 9.56. The predicted molar refractivity (Wildman–Crippen MR) is 115 cm³/mol. The number of anilines is 1. The van der Waals surface area contributed by atoms with Gasteiger partial charge in [-0.25, -0.2) is 4.98 Å². The van der Waals surface area contributed by atoms with Gasteiger partial charge in [-0.3, -0.25) is 4.99 Å². The highest BCUT2D eigenvalue weighted by atomic mass is 35.5. The van der Waals surface area contributed by atoms with E-state index in [0.29, 0.717) is 11.6 Å². The third-order valence-corrected chi connectivity index (χ3v) is 5.14. The molecule has 2 aromatic heterocycles. The van der Waals surface area contributed by atoms with Crippen molar-refractivity contribution in [1.29, 1.82) is 0 Å². The molecule has 1 atom stereocenters. The van der Waals surface area contributed by atoms with Crippen molar-refractivity contribution in [2.24, 2.45) is 4.99 Å². The van der Waals surface area contributed by atoms with E-state index in [1.54, 1.807) is 13.2 Å². The van der Waals surface area contributed by atoms with Crippen LogP contribution in [0.1, 0.15) is 12.1 Å². The predicted octanol–water partition coefficient (Wildman–Crippen LogP) is 3.33. The van der Waals surface area contributed by atoms with Crippen LogP contribution in [0.2, 0.25) is 5.02 Å². The average molecular weight is 411 g/mol. The number of aliphatic imine (C=N–C) groups is 1. The Hall–Kier alpha value is -3.06. The Morgan fingerprint density at radius 2 is 2.14 bits per heavy atom. The molecule has 4 rings (SSSR count). The second-order valence-corrected chi connectivity index (χ2v) is 7.27. The molecule has 3 heterocycles. The minimum absolute atomic E-state index is 0.261. The molecule has 8 heteroatoms. The van der Waals surface area contributed by atoms with Gasteiger partial charge in [-0.2, -0.15) is 0 Å². The van der Waals surface area contributed by atoms with Gasteiger partial charge >= 0.3 is 0 Å². The summed E-state index contributed by atoms with van der Waals surface area (Å²) >= 11 is 6.27. The van der Waals surface area contributed by atoms with Crippen molar-refractivity contribution in [2.75, 3.05) is 25.0 Å². The first kappa shape index (κ1) is 19.3. The Morgan fingerprint density at radius 1 is 1.28 bits per heavy atom. The summed E-state index contributed by atoms with van der Waals surface area (Å²) in [5.41, 5.74) is 1.83. The Bertz CT molecular complexity index is 974. The molecule has 0 aliphatic carbocycles. The van der Waals surface area contributed by atoms with E-state index in [1.165, 1.54) is 0 Å². The monoisotopic (exact) mass is 410 g/mol. The van der Waals surface area contributed by atoms with E-state index in [1.807, 2.05) is 48.5 Å². The number of rotatable bonds is 5. The molecule has 0 bridgehead atoms. The van der Waals surface area contributed by atoms with Gasteiger partial charge in [0.25, 0.3) is 0 Å². The molecule has 1 aliphatic rings. The molecular formula is C21H23ClN6O. The van der Waals surface area contributed by atoms with Crippen molar-refractivity contribution < 1.29 is 4.52 Å². The molecule has 0 amide bonds. The number of hydrogen-bond acceptors (Lipinski definition) is 5. The van der Waals surface area contributed by atoms with Crippen molar-refractivity contribution in [3.8, 4) is 11.3 Å². The van der Waals surface area contributed by atoms with Crippen LogP contribution in [0.25, 0.3) is 11.3 Å². The maximum absolute atomic E-state index is 6.27. The Balaban J connectivity index is 1.31. The van der Waals surface area contributed by atoms with Crippen LogP contribution >= 0.6 is 11.6 Å². The zero-order chi connectivity index (χ0) is 20.1. The molecule has 1 fully saturated rings. The van der Waals surface area contributed by atoms with Gasteiger partial charge in [0.2, 0.25) is 0 Å². The van der Waals surface area contributed by atoms with Crippen LogP contribution in [-0.2, 0) is 6.54 Å². The van der Waals surface area contributed by atoms with Crippen LogP contribution < -0.4 is 15.5 Å². The SMILES string of the molecule is CN=C(NCc1cc(-c2ccccc2)on1)NC1CCN(c2ncccc2Cl)C1. The summed E-state index contributed by atoms with van der Waals surface area (Å²) in [7, 11) is 1.76. The number of nitrogens with one attached hydrogen (secondary N) is 2. The van der Waals surface area contributed by atoms with Crippen molar-refractivity contribution in [3.63, 3.8) is 0 Å². The fourth-order valence-corrected chi connectivity index (χ4v) is 3.62. The van der Waals surface area contributed by atoms with E-state index in [9.17, 15) is 0 Å². The van der Waals surface area contributed by atoms with Gasteiger partial charge < -0.3 is 20.1 Å². The van der Waals surface area contributed by atoms with E-state index >= 15 is 0 Å². The number of aromatic nitrogens is 2. The highest BCUT2D eigenvalue weighted by Gasteiger charge is 2.25. The summed E-state index contributed by atoms with van der Waals surface area (Å²) in [6.07, 6.45) is 2.75. The lowest BCUT2D eigenvalue weighted by Gasteiger charge is -2.20. The minimum atomic E-state index is 0.261. The molecule has 3 aromatic rings. The lowest BCUT2D eigenvalue weighted by atomic mass is 10.2. The van der Waals surface area contributed by atoms with Gasteiger partial charge in [0, 0.05) is 44.0 Å². The molecule has 1 unspecified atom stereocenters. The molecule has 150 valence electrons. The van der Waals surface area contributed by atoms with Crippen molar-refractivity contribution in [1.82, 2.24) is 20.8 Å². The first-order chi connectivity index (χ1) is 14.2. The van der Waals surface area contributed by atoms with Crippen LogP contribution in [0, 0.1) is 0 Å². The van der Waals surface area contributed by atoms with Crippen molar-refractivity contribution in [2.45, 2.75) is 19.0 Å². The van der Waals surface area contributed by atoms with Crippen molar-refractivity contribution in [3.05, 3.63) is 65.4 Å². The smallest absolute Gasteiger partial charge is 0.191 e. The minimum Gasteiger partial charge on any atom is -0.356 e. The van der Waals surface area contributed by atoms with Gasteiger partial charge in [-0.1, -0.05) is 47.1 Å². The fourth-order valence-electron chi connectivity index (χ4n) is 3.38. The first-order valence-corrected chi connectivity index (χ1v) is 9.94. The van der Waals surface area contributed by atoms with E-state index < -0.39 is 0 Å². The molecule has 1 aromatic carbocycles. The van der Waals surface area contributed by atoms with Crippen LogP contribution in [0.4, 0.5) is 5.82 Å². The maximum atomic E-state index is 6.27. The number of benzene rings is 1. The molecule has 1 saturated heterocycles. The second kappa shape index (κ2) is 8.96.